The molecule has 90 valence electrons. The Labute approximate surface area is 98.0 Å². The van der Waals surface area contributed by atoms with E-state index in [1.54, 1.807) is 19.9 Å². The van der Waals surface area contributed by atoms with Gasteiger partial charge in [0.1, 0.15) is 17.9 Å². The molecule has 1 aromatic heterocycles. The summed E-state index contributed by atoms with van der Waals surface area (Å²) < 4.78 is 0. The number of nitrogens with zero attached hydrogens (tertiary/aromatic N) is 3. The van der Waals surface area contributed by atoms with E-state index in [2.05, 4.69) is 15.3 Å². The van der Waals surface area contributed by atoms with Crippen LogP contribution in [-0.2, 0) is 9.59 Å². The molecule has 0 bridgehead atoms. The van der Waals surface area contributed by atoms with Crippen molar-refractivity contribution < 1.29 is 9.59 Å². The molecule has 0 aromatic carbocycles. The molecule has 0 aliphatic carbocycles. The Morgan fingerprint density at radius 2 is 2.18 bits per heavy atom. The maximum Gasteiger partial charge on any atom is 0.252 e. The third-order valence-corrected chi connectivity index (χ3v) is 2.69. The Balaban J connectivity index is 2.42. The summed E-state index contributed by atoms with van der Waals surface area (Å²) in [5.41, 5.74) is 4.67. The molecule has 0 radical (unpaired) electrons. The van der Waals surface area contributed by atoms with Gasteiger partial charge in [0, 0.05) is 6.20 Å². The first-order chi connectivity index (χ1) is 7.91. The SMILES string of the molecule is CC1(C)C(=O)NC(=O)CN1c1nccc(N)n1. The highest BCUT2D eigenvalue weighted by Gasteiger charge is 2.42. The van der Waals surface area contributed by atoms with Crippen LogP contribution in [-0.4, -0.2) is 33.9 Å². The van der Waals surface area contributed by atoms with Crippen LogP contribution in [0, 0.1) is 0 Å². The molecule has 2 rings (SSSR count). The van der Waals surface area contributed by atoms with Gasteiger partial charge in [0.05, 0.1) is 0 Å². The molecule has 3 N–H and O–H groups in total. The van der Waals surface area contributed by atoms with Crippen molar-refractivity contribution in [1.29, 1.82) is 0 Å². The number of aromatic nitrogens is 2. The van der Waals surface area contributed by atoms with Gasteiger partial charge in [-0.25, -0.2) is 4.98 Å². The Hall–Kier alpha value is -2.18. The van der Waals surface area contributed by atoms with Crippen LogP contribution in [0.25, 0.3) is 0 Å². The van der Waals surface area contributed by atoms with E-state index in [-0.39, 0.29) is 24.3 Å². The molecular formula is C10H13N5O2. The Kier molecular flexibility index (Phi) is 2.45. The first-order valence-corrected chi connectivity index (χ1v) is 5.11. The highest BCUT2D eigenvalue weighted by Crippen LogP contribution is 2.23. The van der Waals surface area contributed by atoms with E-state index >= 15 is 0 Å². The van der Waals surface area contributed by atoms with Gasteiger partial charge in [0.15, 0.2) is 0 Å². The number of amides is 2. The van der Waals surface area contributed by atoms with Crippen LogP contribution in [0.15, 0.2) is 12.3 Å². The molecule has 2 amide bonds. The number of nitrogens with one attached hydrogen (secondary N) is 1. The molecule has 7 heteroatoms. The number of carbonyl (C=O) groups excluding carboxylic acids is 2. The van der Waals surface area contributed by atoms with Gasteiger partial charge in [-0.05, 0) is 19.9 Å². The van der Waals surface area contributed by atoms with E-state index in [1.807, 2.05) is 0 Å². The highest BCUT2D eigenvalue weighted by molar-refractivity contribution is 6.06. The van der Waals surface area contributed by atoms with E-state index in [9.17, 15) is 9.59 Å². The summed E-state index contributed by atoms with van der Waals surface area (Å²) in [6.45, 7) is 3.42. The summed E-state index contributed by atoms with van der Waals surface area (Å²) in [7, 11) is 0. The zero-order chi connectivity index (χ0) is 12.6. The van der Waals surface area contributed by atoms with Crippen LogP contribution < -0.4 is 16.0 Å². The fourth-order valence-electron chi connectivity index (χ4n) is 1.60. The lowest BCUT2D eigenvalue weighted by Crippen LogP contribution is -2.64. The number of carbonyl (C=O) groups is 2. The summed E-state index contributed by atoms with van der Waals surface area (Å²) in [4.78, 5) is 32.7. The minimum absolute atomic E-state index is 0.0300. The molecule has 1 aliphatic rings. The molecule has 1 aromatic rings. The second-order valence-electron chi connectivity index (χ2n) is 4.30. The molecule has 0 spiro atoms. The molecule has 7 nitrogen and oxygen atoms in total. The summed E-state index contributed by atoms with van der Waals surface area (Å²) >= 11 is 0. The van der Waals surface area contributed by atoms with E-state index < -0.39 is 5.54 Å². The molecular weight excluding hydrogens is 222 g/mol. The van der Waals surface area contributed by atoms with E-state index in [0.29, 0.717) is 5.82 Å². The van der Waals surface area contributed by atoms with Crippen molar-refractivity contribution in [3.05, 3.63) is 12.3 Å². The van der Waals surface area contributed by atoms with Crippen molar-refractivity contribution >= 4 is 23.6 Å². The van der Waals surface area contributed by atoms with Gasteiger partial charge in [-0.3, -0.25) is 14.9 Å². The average Bonchev–Trinajstić information content (AvgIpc) is 2.24. The second-order valence-corrected chi connectivity index (χ2v) is 4.30. The van der Waals surface area contributed by atoms with Crippen molar-refractivity contribution in [1.82, 2.24) is 15.3 Å². The monoisotopic (exact) mass is 235 g/mol. The summed E-state index contributed by atoms with van der Waals surface area (Å²) in [5, 5.41) is 2.28. The number of nitrogens with two attached hydrogens (primary N) is 1. The Bertz CT molecular complexity index is 485. The zero-order valence-corrected chi connectivity index (χ0v) is 9.60. The number of rotatable bonds is 1. The number of hydrogen-bond acceptors (Lipinski definition) is 6. The fraction of sp³-hybridized carbons (Fsp3) is 0.400. The molecule has 0 unspecified atom stereocenters. The van der Waals surface area contributed by atoms with Crippen molar-refractivity contribution in [2.24, 2.45) is 0 Å². The smallest absolute Gasteiger partial charge is 0.252 e. The predicted molar refractivity (Wildman–Crippen MR) is 61.0 cm³/mol. The molecule has 2 heterocycles. The van der Waals surface area contributed by atoms with Gasteiger partial charge in [0.2, 0.25) is 11.9 Å². The third-order valence-electron chi connectivity index (χ3n) is 2.69. The first kappa shape index (κ1) is 11.3. The Morgan fingerprint density at radius 3 is 2.82 bits per heavy atom. The van der Waals surface area contributed by atoms with Crippen molar-refractivity contribution in [2.75, 3.05) is 17.2 Å². The van der Waals surface area contributed by atoms with Crippen LogP contribution >= 0.6 is 0 Å². The van der Waals surface area contributed by atoms with Crippen LogP contribution in [0.1, 0.15) is 13.8 Å². The number of piperazine rings is 1. The number of imide groups is 1. The summed E-state index contributed by atoms with van der Waals surface area (Å²) in [5.74, 6) is -0.178. The summed E-state index contributed by atoms with van der Waals surface area (Å²) in [6, 6.07) is 1.54. The number of nitrogen functional groups attached to an aromatic ring is 1. The van der Waals surface area contributed by atoms with Crippen molar-refractivity contribution in [2.45, 2.75) is 19.4 Å². The molecule has 17 heavy (non-hydrogen) atoms. The molecule has 1 aliphatic heterocycles. The normalized spacial score (nSPS) is 19.1. The first-order valence-electron chi connectivity index (χ1n) is 5.11. The fourth-order valence-corrected chi connectivity index (χ4v) is 1.60. The van der Waals surface area contributed by atoms with Gasteiger partial charge in [0.25, 0.3) is 5.91 Å². The van der Waals surface area contributed by atoms with Gasteiger partial charge in [-0.2, -0.15) is 4.98 Å². The lowest BCUT2D eigenvalue weighted by Gasteiger charge is -2.39. The van der Waals surface area contributed by atoms with E-state index in [1.165, 1.54) is 11.1 Å². The van der Waals surface area contributed by atoms with Crippen LogP contribution in [0.3, 0.4) is 0 Å². The maximum absolute atomic E-state index is 11.7. The minimum Gasteiger partial charge on any atom is -0.384 e. The topological polar surface area (TPSA) is 101 Å². The third kappa shape index (κ3) is 1.91. The van der Waals surface area contributed by atoms with E-state index in [4.69, 9.17) is 5.73 Å². The largest absolute Gasteiger partial charge is 0.384 e. The summed E-state index contributed by atoms with van der Waals surface area (Å²) in [6.07, 6.45) is 1.49. The quantitative estimate of drug-likeness (QED) is 0.624. The lowest BCUT2D eigenvalue weighted by atomic mass is 9.99. The molecule has 1 fully saturated rings. The van der Waals surface area contributed by atoms with Gasteiger partial charge >= 0.3 is 0 Å². The Morgan fingerprint density at radius 1 is 1.47 bits per heavy atom. The standard InChI is InChI=1S/C10H13N5O2/c1-10(2)8(17)14-7(16)5-15(10)9-12-4-3-6(11)13-9/h3-4H,5H2,1-2H3,(H2,11,12,13)(H,14,16,17). The van der Waals surface area contributed by atoms with E-state index in [0.717, 1.165) is 0 Å². The minimum atomic E-state index is -0.887. The van der Waals surface area contributed by atoms with Crippen LogP contribution in [0.5, 0.6) is 0 Å². The number of anilines is 2. The molecule has 0 atom stereocenters. The second kappa shape index (κ2) is 3.69. The number of hydrogen-bond donors (Lipinski definition) is 2. The molecule has 0 saturated carbocycles. The lowest BCUT2D eigenvalue weighted by molar-refractivity contribution is -0.135. The highest BCUT2D eigenvalue weighted by atomic mass is 16.2. The van der Waals surface area contributed by atoms with Crippen molar-refractivity contribution in [3.63, 3.8) is 0 Å². The van der Waals surface area contributed by atoms with Gasteiger partial charge in [-0.1, -0.05) is 0 Å². The van der Waals surface area contributed by atoms with Gasteiger partial charge < -0.3 is 10.6 Å². The van der Waals surface area contributed by atoms with Crippen LogP contribution in [0.2, 0.25) is 0 Å². The maximum atomic E-state index is 11.7. The van der Waals surface area contributed by atoms with Crippen molar-refractivity contribution in [3.8, 4) is 0 Å². The van der Waals surface area contributed by atoms with Crippen LogP contribution in [0.4, 0.5) is 11.8 Å². The zero-order valence-electron chi connectivity index (χ0n) is 9.60. The average molecular weight is 235 g/mol. The molecule has 1 saturated heterocycles. The van der Waals surface area contributed by atoms with Gasteiger partial charge in [-0.15, -0.1) is 0 Å². The predicted octanol–water partition coefficient (Wildman–Crippen LogP) is -0.700.